The van der Waals surface area contributed by atoms with Gasteiger partial charge in [-0.25, -0.2) is 0 Å². The molecular weight excluding hydrogens is 268 g/mol. The summed E-state index contributed by atoms with van der Waals surface area (Å²) < 4.78 is 0. The van der Waals surface area contributed by atoms with Crippen LogP contribution in [0.25, 0.3) is 0 Å². The molecule has 1 unspecified atom stereocenters. The van der Waals surface area contributed by atoms with Gasteiger partial charge >= 0.3 is 0 Å². The zero-order chi connectivity index (χ0) is 14.5. The Hall–Kier alpha value is -0.570. The van der Waals surface area contributed by atoms with Gasteiger partial charge in [-0.2, -0.15) is 0 Å². The topological polar surface area (TPSA) is 38.0 Å². The Labute approximate surface area is 128 Å². The molecule has 1 aliphatic carbocycles. The van der Waals surface area contributed by atoms with Gasteiger partial charge in [0.15, 0.2) is 0 Å². The molecule has 3 heteroatoms. The largest absolute Gasteiger partial charge is 0.271 e. The van der Waals surface area contributed by atoms with Gasteiger partial charge in [0.2, 0.25) is 0 Å². The summed E-state index contributed by atoms with van der Waals surface area (Å²) in [6.07, 6.45) is 6.28. The molecule has 1 fully saturated rings. The Morgan fingerprint density at radius 2 is 1.65 bits per heavy atom. The lowest BCUT2D eigenvalue weighted by molar-refractivity contribution is 0.188. The lowest BCUT2D eigenvalue weighted by atomic mass is 9.74. The fourth-order valence-corrected chi connectivity index (χ4v) is 3.58. The van der Waals surface area contributed by atoms with Crippen LogP contribution in [0.15, 0.2) is 24.3 Å². The lowest BCUT2D eigenvalue weighted by Crippen LogP contribution is -2.44. The molecule has 1 aliphatic rings. The van der Waals surface area contributed by atoms with E-state index in [-0.39, 0.29) is 0 Å². The van der Waals surface area contributed by atoms with Gasteiger partial charge in [0.05, 0.1) is 0 Å². The van der Waals surface area contributed by atoms with Crippen molar-refractivity contribution in [2.45, 2.75) is 52.0 Å². The molecule has 0 spiro atoms. The molecule has 0 heterocycles. The zero-order valence-electron chi connectivity index (χ0n) is 12.6. The van der Waals surface area contributed by atoms with Gasteiger partial charge in [-0.3, -0.25) is 11.3 Å². The third-order valence-corrected chi connectivity index (χ3v) is 5.16. The second-order valence-electron chi connectivity index (χ2n) is 6.52. The van der Waals surface area contributed by atoms with Gasteiger partial charge in [-0.1, -0.05) is 37.6 Å². The molecule has 2 rings (SSSR count). The molecule has 0 aromatic heterocycles. The maximum Gasteiger partial charge on any atom is 0.0406 e. The van der Waals surface area contributed by atoms with Crippen molar-refractivity contribution in [2.24, 2.45) is 23.6 Å². The third kappa shape index (κ3) is 4.21. The second-order valence-corrected chi connectivity index (χ2v) is 6.96. The van der Waals surface area contributed by atoms with Crippen LogP contribution in [0.3, 0.4) is 0 Å². The van der Waals surface area contributed by atoms with Crippen LogP contribution in [0.2, 0.25) is 5.02 Å². The quantitative estimate of drug-likeness (QED) is 0.631. The van der Waals surface area contributed by atoms with Crippen LogP contribution >= 0.6 is 11.6 Å². The van der Waals surface area contributed by atoms with Crippen molar-refractivity contribution in [3.63, 3.8) is 0 Å². The molecule has 0 bridgehead atoms. The molecular formula is C17H27ClN2. The van der Waals surface area contributed by atoms with Gasteiger partial charge in [0.1, 0.15) is 0 Å². The Morgan fingerprint density at radius 1 is 1.10 bits per heavy atom. The summed E-state index contributed by atoms with van der Waals surface area (Å²) in [6, 6.07) is 8.50. The average Bonchev–Trinajstić information content (AvgIpc) is 2.47. The summed E-state index contributed by atoms with van der Waals surface area (Å²) in [7, 11) is 0. The van der Waals surface area contributed by atoms with E-state index >= 15 is 0 Å². The maximum atomic E-state index is 5.94. The molecule has 0 radical (unpaired) electrons. The van der Waals surface area contributed by atoms with E-state index in [0.29, 0.717) is 12.0 Å². The second kappa shape index (κ2) is 7.44. The average molecular weight is 295 g/mol. The minimum Gasteiger partial charge on any atom is -0.271 e. The zero-order valence-corrected chi connectivity index (χ0v) is 13.4. The van der Waals surface area contributed by atoms with Crippen LogP contribution in [-0.4, -0.2) is 6.04 Å². The predicted octanol–water partition coefficient (Wildman–Crippen LogP) is 4.18. The summed E-state index contributed by atoms with van der Waals surface area (Å²) in [5.41, 5.74) is 4.35. The highest BCUT2D eigenvalue weighted by Crippen LogP contribution is 2.35. The Bertz CT molecular complexity index is 394. The van der Waals surface area contributed by atoms with E-state index < -0.39 is 0 Å². The molecule has 0 aliphatic heterocycles. The van der Waals surface area contributed by atoms with Crippen LogP contribution in [0.5, 0.6) is 0 Å². The summed E-state index contributed by atoms with van der Waals surface area (Å²) in [5, 5.41) is 0.795. The predicted molar refractivity (Wildman–Crippen MR) is 86.6 cm³/mol. The SMILES string of the molecule is CC(C)C1CCC(C(Cc2ccc(Cl)cc2)NN)CC1. The number of nitrogens with two attached hydrogens (primary N) is 1. The first-order valence-corrected chi connectivity index (χ1v) is 8.18. The minimum atomic E-state index is 0.379. The van der Waals surface area contributed by atoms with Gasteiger partial charge in [0.25, 0.3) is 0 Å². The molecule has 20 heavy (non-hydrogen) atoms. The van der Waals surface area contributed by atoms with Crippen molar-refractivity contribution in [1.82, 2.24) is 5.43 Å². The van der Waals surface area contributed by atoms with Crippen LogP contribution in [0, 0.1) is 17.8 Å². The smallest absolute Gasteiger partial charge is 0.0406 e. The molecule has 0 amide bonds. The van der Waals surface area contributed by atoms with E-state index in [1.165, 1.54) is 31.2 Å². The molecule has 1 aromatic carbocycles. The Morgan fingerprint density at radius 3 is 2.15 bits per heavy atom. The fourth-order valence-electron chi connectivity index (χ4n) is 3.45. The summed E-state index contributed by atoms with van der Waals surface area (Å²) in [6.45, 7) is 4.69. The molecule has 1 saturated carbocycles. The van der Waals surface area contributed by atoms with Crippen LogP contribution < -0.4 is 11.3 Å². The number of halogens is 1. The van der Waals surface area contributed by atoms with E-state index in [9.17, 15) is 0 Å². The van der Waals surface area contributed by atoms with Crippen molar-refractivity contribution < 1.29 is 0 Å². The fraction of sp³-hybridized carbons (Fsp3) is 0.647. The van der Waals surface area contributed by atoms with E-state index in [1.807, 2.05) is 12.1 Å². The van der Waals surface area contributed by atoms with Crippen molar-refractivity contribution >= 4 is 11.6 Å². The molecule has 112 valence electrons. The van der Waals surface area contributed by atoms with Crippen molar-refractivity contribution in [1.29, 1.82) is 0 Å². The number of hydrazine groups is 1. The van der Waals surface area contributed by atoms with Crippen molar-refractivity contribution in [3.05, 3.63) is 34.9 Å². The highest BCUT2D eigenvalue weighted by molar-refractivity contribution is 6.30. The summed E-state index contributed by atoms with van der Waals surface area (Å²) in [4.78, 5) is 0. The number of hydrogen-bond donors (Lipinski definition) is 2. The molecule has 3 N–H and O–H groups in total. The van der Waals surface area contributed by atoms with Crippen LogP contribution in [0.4, 0.5) is 0 Å². The van der Waals surface area contributed by atoms with E-state index in [1.54, 1.807) is 0 Å². The summed E-state index contributed by atoms with van der Waals surface area (Å²) in [5.74, 6) is 8.22. The first-order chi connectivity index (χ1) is 9.60. The number of hydrogen-bond acceptors (Lipinski definition) is 2. The number of rotatable bonds is 5. The normalized spacial score (nSPS) is 24.9. The van der Waals surface area contributed by atoms with E-state index in [2.05, 4.69) is 31.4 Å². The van der Waals surface area contributed by atoms with Gasteiger partial charge < -0.3 is 0 Å². The van der Waals surface area contributed by atoms with Gasteiger partial charge in [-0.05, 0) is 67.6 Å². The number of nitrogens with one attached hydrogen (secondary N) is 1. The molecule has 2 nitrogen and oxygen atoms in total. The van der Waals surface area contributed by atoms with Crippen LogP contribution in [-0.2, 0) is 6.42 Å². The highest BCUT2D eigenvalue weighted by Gasteiger charge is 2.28. The van der Waals surface area contributed by atoms with Crippen LogP contribution in [0.1, 0.15) is 45.1 Å². The molecule has 0 saturated heterocycles. The van der Waals surface area contributed by atoms with Gasteiger partial charge in [0, 0.05) is 11.1 Å². The van der Waals surface area contributed by atoms with E-state index in [0.717, 1.165) is 23.3 Å². The van der Waals surface area contributed by atoms with Crippen molar-refractivity contribution in [2.75, 3.05) is 0 Å². The highest BCUT2D eigenvalue weighted by atomic mass is 35.5. The van der Waals surface area contributed by atoms with Gasteiger partial charge in [-0.15, -0.1) is 0 Å². The molecule has 1 atom stereocenters. The monoisotopic (exact) mass is 294 g/mol. The first kappa shape index (κ1) is 15.8. The lowest BCUT2D eigenvalue weighted by Gasteiger charge is -2.35. The van der Waals surface area contributed by atoms with Crippen molar-refractivity contribution in [3.8, 4) is 0 Å². The minimum absolute atomic E-state index is 0.379. The standard InChI is InChI=1S/C17H27ClN2/c1-12(2)14-5-7-15(8-6-14)17(20-19)11-13-3-9-16(18)10-4-13/h3-4,9-10,12,14-15,17,20H,5-8,11,19H2,1-2H3. The maximum absolute atomic E-state index is 5.94. The Balaban J connectivity index is 1.91. The first-order valence-electron chi connectivity index (χ1n) is 7.80. The van der Waals surface area contributed by atoms with E-state index in [4.69, 9.17) is 17.4 Å². The number of benzene rings is 1. The Kier molecular flexibility index (Phi) is 5.88. The summed E-state index contributed by atoms with van der Waals surface area (Å²) >= 11 is 5.94. The molecule has 1 aromatic rings. The third-order valence-electron chi connectivity index (χ3n) is 4.91.